The Labute approximate surface area is 203 Å². The summed E-state index contributed by atoms with van der Waals surface area (Å²) in [6.45, 7) is 4.52. The molecular formula is C31H48O2. The van der Waals surface area contributed by atoms with Gasteiger partial charge in [-0.2, -0.15) is 0 Å². The smallest absolute Gasteiger partial charge is 0.119 e. The van der Waals surface area contributed by atoms with Crippen LogP contribution in [-0.2, 0) is 19.3 Å². The quantitative estimate of drug-likeness (QED) is 0.221. The van der Waals surface area contributed by atoms with Gasteiger partial charge in [-0.3, -0.25) is 0 Å². The van der Waals surface area contributed by atoms with Gasteiger partial charge in [-0.05, 0) is 60.1 Å². The van der Waals surface area contributed by atoms with Crippen molar-refractivity contribution in [3.8, 4) is 11.5 Å². The van der Waals surface area contributed by atoms with Gasteiger partial charge >= 0.3 is 0 Å². The maximum absolute atomic E-state index is 10.4. The summed E-state index contributed by atoms with van der Waals surface area (Å²) < 4.78 is 0. The standard InChI is InChI=1S/C31H48O2/c1-3-5-7-9-11-13-15-17-26-19-21-30(32)28(23-26)25-29-24-27(20-22-31(29)33)18-16-14-12-10-8-6-4-2/h19-24,32-33H,3-18,25H2,1-2H3. The first kappa shape index (κ1) is 27.3. The van der Waals surface area contributed by atoms with Crippen molar-refractivity contribution in [2.45, 2.75) is 123 Å². The van der Waals surface area contributed by atoms with Gasteiger partial charge < -0.3 is 10.2 Å². The molecule has 2 N–H and O–H groups in total. The second-order valence-electron chi connectivity index (χ2n) is 9.85. The normalized spacial score (nSPS) is 11.2. The highest BCUT2D eigenvalue weighted by atomic mass is 16.3. The van der Waals surface area contributed by atoms with E-state index in [9.17, 15) is 10.2 Å². The Morgan fingerprint density at radius 1 is 0.485 bits per heavy atom. The van der Waals surface area contributed by atoms with Crippen LogP contribution in [0, 0.1) is 0 Å². The van der Waals surface area contributed by atoms with Gasteiger partial charge in [-0.15, -0.1) is 0 Å². The fourth-order valence-electron chi connectivity index (χ4n) is 4.65. The predicted octanol–water partition coefficient (Wildman–Crippen LogP) is 9.27. The molecule has 2 rings (SSSR count). The molecule has 0 radical (unpaired) electrons. The minimum Gasteiger partial charge on any atom is -0.508 e. The van der Waals surface area contributed by atoms with Gasteiger partial charge in [0.25, 0.3) is 0 Å². The molecule has 2 aromatic rings. The van der Waals surface area contributed by atoms with Crippen molar-refractivity contribution < 1.29 is 10.2 Å². The van der Waals surface area contributed by atoms with E-state index in [0.717, 1.165) is 24.0 Å². The Morgan fingerprint density at radius 2 is 0.848 bits per heavy atom. The number of hydrogen-bond donors (Lipinski definition) is 2. The summed E-state index contributed by atoms with van der Waals surface area (Å²) in [5.41, 5.74) is 4.41. The summed E-state index contributed by atoms with van der Waals surface area (Å²) in [6, 6.07) is 12.0. The first-order valence-corrected chi connectivity index (χ1v) is 13.8. The van der Waals surface area contributed by atoms with Gasteiger partial charge in [0.15, 0.2) is 0 Å². The predicted molar refractivity (Wildman–Crippen MR) is 142 cm³/mol. The van der Waals surface area contributed by atoms with Crippen LogP contribution in [0.15, 0.2) is 36.4 Å². The van der Waals surface area contributed by atoms with E-state index in [2.05, 4.69) is 26.0 Å². The van der Waals surface area contributed by atoms with E-state index in [4.69, 9.17) is 0 Å². The van der Waals surface area contributed by atoms with Crippen molar-refractivity contribution in [3.63, 3.8) is 0 Å². The highest BCUT2D eigenvalue weighted by molar-refractivity contribution is 5.44. The largest absolute Gasteiger partial charge is 0.508 e. The average Bonchev–Trinajstić information content (AvgIpc) is 2.81. The lowest BCUT2D eigenvalue weighted by atomic mass is 9.96. The third kappa shape index (κ3) is 11.1. The monoisotopic (exact) mass is 452 g/mol. The third-order valence-corrected chi connectivity index (χ3v) is 6.81. The number of unbranched alkanes of at least 4 members (excludes halogenated alkanes) is 12. The average molecular weight is 453 g/mol. The fourth-order valence-corrected chi connectivity index (χ4v) is 4.65. The van der Waals surface area contributed by atoms with E-state index < -0.39 is 0 Å². The summed E-state index contributed by atoms with van der Waals surface area (Å²) in [5, 5.41) is 20.9. The molecule has 0 heterocycles. The second-order valence-corrected chi connectivity index (χ2v) is 9.85. The van der Waals surface area contributed by atoms with Gasteiger partial charge in [-0.25, -0.2) is 0 Å². The van der Waals surface area contributed by atoms with Crippen LogP contribution in [0.3, 0.4) is 0 Å². The lowest BCUT2D eigenvalue weighted by Gasteiger charge is -2.11. The van der Waals surface area contributed by atoms with Crippen LogP contribution in [0.2, 0.25) is 0 Å². The highest BCUT2D eigenvalue weighted by Gasteiger charge is 2.09. The molecule has 0 fully saturated rings. The number of rotatable bonds is 18. The fraction of sp³-hybridized carbons (Fsp3) is 0.613. The molecule has 0 spiro atoms. The van der Waals surface area contributed by atoms with E-state index >= 15 is 0 Å². The summed E-state index contributed by atoms with van der Waals surface area (Å²) in [6.07, 6.45) is 21.0. The first-order chi connectivity index (χ1) is 16.1. The molecule has 0 amide bonds. The minimum atomic E-state index is 0.329. The van der Waals surface area contributed by atoms with Crippen LogP contribution in [0.25, 0.3) is 0 Å². The van der Waals surface area contributed by atoms with Gasteiger partial charge in [0.05, 0.1) is 0 Å². The first-order valence-electron chi connectivity index (χ1n) is 13.8. The molecule has 184 valence electrons. The second kappa shape index (κ2) is 16.6. The highest BCUT2D eigenvalue weighted by Crippen LogP contribution is 2.28. The topological polar surface area (TPSA) is 40.5 Å². The Bertz CT molecular complexity index is 715. The zero-order valence-corrected chi connectivity index (χ0v) is 21.4. The van der Waals surface area contributed by atoms with E-state index in [1.54, 1.807) is 0 Å². The van der Waals surface area contributed by atoms with Crippen LogP contribution in [0.5, 0.6) is 11.5 Å². The molecule has 0 unspecified atom stereocenters. The zero-order chi connectivity index (χ0) is 23.7. The molecule has 2 aromatic carbocycles. The summed E-state index contributed by atoms with van der Waals surface area (Å²) in [5.74, 6) is 0.658. The van der Waals surface area contributed by atoms with Crippen LogP contribution >= 0.6 is 0 Å². The number of aryl methyl sites for hydroxylation is 2. The number of hydrogen-bond acceptors (Lipinski definition) is 2. The SMILES string of the molecule is CCCCCCCCCc1ccc(O)c(Cc2cc(CCCCCCCCC)ccc2O)c1. The van der Waals surface area contributed by atoms with Crippen molar-refractivity contribution >= 4 is 0 Å². The van der Waals surface area contributed by atoms with Gasteiger partial charge in [0, 0.05) is 6.42 Å². The lowest BCUT2D eigenvalue weighted by molar-refractivity contribution is 0.462. The molecule has 0 aliphatic rings. The number of aromatic hydroxyl groups is 2. The Balaban J connectivity index is 1.84. The maximum atomic E-state index is 10.4. The van der Waals surface area contributed by atoms with Crippen molar-refractivity contribution in [1.29, 1.82) is 0 Å². The molecule has 0 aliphatic heterocycles. The Hall–Kier alpha value is -1.96. The van der Waals surface area contributed by atoms with Crippen molar-refractivity contribution in [2.24, 2.45) is 0 Å². The molecular weight excluding hydrogens is 404 g/mol. The summed E-state index contributed by atoms with van der Waals surface area (Å²) in [4.78, 5) is 0. The molecule has 0 bridgehead atoms. The maximum Gasteiger partial charge on any atom is 0.119 e. The van der Waals surface area contributed by atoms with Gasteiger partial charge in [0.2, 0.25) is 0 Å². The van der Waals surface area contributed by atoms with Crippen molar-refractivity contribution in [3.05, 3.63) is 58.7 Å². The number of benzene rings is 2. The number of phenols is 2. The third-order valence-electron chi connectivity index (χ3n) is 6.81. The molecule has 0 aromatic heterocycles. The van der Waals surface area contributed by atoms with Crippen molar-refractivity contribution in [1.82, 2.24) is 0 Å². The minimum absolute atomic E-state index is 0.329. The molecule has 0 saturated carbocycles. The van der Waals surface area contributed by atoms with Crippen LogP contribution in [0.4, 0.5) is 0 Å². The van der Waals surface area contributed by atoms with E-state index in [0.29, 0.717) is 17.9 Å². The zero-order valence-electron chi connectivity index (χ0n) is 21.4. The lowest BCUT2D eigenvalue weighted by Crippen LogP contribution is -1.95. The Morgan fingerprint density at radius 3 is 1.24 bits per heavy atom. The van der Waals surface area contributed by atoms with Gasteiger partial charge in [0.1, 0.15) is 11.5 Å². The van der Waals surface area contributed by atoms with E-state index in [1.807, 2.05) is 24.3 Å². The Kier molecular flexibility index (Phi) is 13.7. The summed E-state index contributed by atoms with van der Waals surface area (Å²) >= 11 is 0. The van der Waals surface area contributed by atoms with E-state index in [1.165, 1.54) is 101 Å². The summed E-state index contributed by atoms with van der Waals surface area (Å²) in [7, 11) is 0. The number of phenolic OH excluding ortho intramolecular Hbond substituents is 2. The molecule has 0 aliphatic carbocycles. The van der Waals surface area contributed by atoms with E-state index in [-0.39, 0.29) is 0 Å². The van der Waals surface area contributed by atoms with Gasteiger partial charge in [-0.1, -0.05) is 115 Å². The van der Waals surface area contributed by atoms with Crippen LogP contribution < -0.4 is 0 Å². The van der Waals surface area contributed by atoms with Crippen molar-refractivity contribution in [2.75, 3.05) is 0 Å². The molecule has 0 saturated heterocycles. The van der Waals surface area contributed by atoms with Crippen LogP contribution in [0.1, 0.15) is 126 Å². The van der Waals surface area contributed by atoms with Crippen LogP contribution in [-0.4, -0.2) is 10.2 Å². The molecule has 33 heavy (non-hydrogen) atoms. The molecule has 0 atom stereocenters. The molecule has 2 nitrogen and oxygen atoms in total. The molecule has 2 heteroatoms.